The maximum absolute atomic E-state index is 6.17. The second-order valence-corrected chi connectivity index (χ2v) is 5.96. The molecule has 0 saturated carbocycles. The lowest BCUT2D eigenvalue weighted by atomic mass is 9.99. The van der Waals surface area contributed by atoms with Crippen LogP contribution in [-0.2, 0) is 0 Å². The fraction of sp³-hybridized carbons (Fsp3) is 0.571. The molecule has 0 aliphatic carbocycles. The predicted octanol–water partition coefficient (Wildman–Crippen LogP) is 2.33. The second kappa shape index (κ2) is 7.24. The van der Waals surface area contributed by atoms with Gasteiger partial charge in [0.2, 0.25) is 0 Å². The van der Waals surface area contributed by atoms with Crippen molar-refractivity contribution >= 4 is 15.9 Å². The molecule has 0 amide bonds. The molecule has 0 aromatic heterocycles. The maximum atomic E-state index is 6.17. The van der Waals surface area contributed by atoms with Crippen LogP contribution in [-0.4, -0.2) is 50.1 Å². The van der Waals surface area contributed by atoms with Gasteiger partial charge in [0.05, 0.1) is 6.04 Å². The van der Waals surface area contributed by atoms with Crippen molar-refractivity contribution in [2.75, 3.05) is 34.2 Å². The molecular formula is C14H24BrN3. The SMILES string of the molecule is CC(N)C(c1ccccc1Br)N(C)CCN(C)C. The average Bonchev–Trinajstić information content (AvgIpc) is 2.29. The third-order valence-corrected chi connectivity index (χ3v) is 3.82. The summed E-state index contributed by atoms with van der Waals surface area (Å²) < 4.78 is 1.13. The Morgan fingerprint density at radius 3 is 2.28 bits per heavy atom. The highest BCUT2D eigenvalue weighted by Crippen LogP contribution is 2.28. The molecule has 0 saturated heterocycles. The lowest BCUT2D eigenvalue weighted by molar-refractivity contribution is 0.198. The van der Waals surface area contributed by atoms with E-state index in [1.807, 2.05) is 6.07 Å². The highest BCUT2D eigenvalue weighted by atomic mass is 79.9. The molecular weight excluding hydrogens is 290 g/mol. The molecule has 1 aromatic carbocycles. The monoisotopic (exact) mass is 313 g/mol. The summed E-state index contributed by atoms with van der Waals surface area (Å²) in [4.78, 5) is 4.51. The zero-order valence-corrected chi connectivity index (χ0v) is 13.3. The fourth-order valence-corrected chi connectivity index (χ4v) is 2.65. The number of halogens is 1. The van der Waals surface area contributed by atoms with Crippen LogP contribution in [0.15, 0.2) is 28.7 Å². The van der Waals surface area contributed by atoms with E-state index in [1.54, 1.807) is 0 Å². The Balaban J connectivity index is 2.86. The number of hydrogen-bond donors (Lipinski definition) is 1. The minimum atomic E-state index is 0.0934. The van der Waals surface area contributed by atoms with Crippen molar-refractivity contribution < 1.29 is 0 Å². The van der Waals surface area contributed by atoms with Crippen molar-refractivity contribution in [3.8, 4) is 0 Å². The molecule has 0 aliphatic rings. The van der Waals surface area contributed by atoms with Gasteiger partial charge in [0.15, 0.2) is 0 Å². The van der Waals surface area contributed by atoms with Gasteiger partial charge in [-0.05, 0) is 39.7 Å². The fourth-order valence-electron chi connectivity index (χ4n) is 2.13. The zero-order chi connectivity index (χ0) is 13.7. The minimum absolute atomic E-state index is 0.0934. The van der Waals surface area contributed by atoms with E-state index in [-0.39, 0.29) is 12.1 Å². The van der Waals surface area contributed by atoms with Crippen LogP contribution >= 0.6 is 15.9 Å². The highest BCUT2D eigenvalue weighted by molar-refractivity contribution is 9.10. The van der Waals surface area contributed by atoms with E-state index in [9.17, 15) is 0 Å². The Morgan fingerprint density at radius 2 is 1.78 bits per heavy atom. The Morgan fingerprint density at radius 1 is 1.17 bits per heavy atom. The van der Waals surface area contributed by atoms with Crippen LogP contribution in [0, 0.1) is 0 Å². The molecule has 0 radical (unpaired) electrons. The first-order valence-corrected chi connectivity index (χ1v) is 7.07. The molecule has 2 atom stereocenters. The number of nitrogens with two attached hydrogens (primary N) is 1. The Bertz CT molecular complexity index is 366. The number of rotatable bonds is 6. The van der Waals surface area contributed by atoms with Gasteiger partial charge >= 0.3 is 0 Å². The van der Waals surface area contributed by atoms with Gasteiger partial charge in [0, 0.05) is 23.6 Å². The van der Waals surface area contributed by atoms with E-state index < -0.39 is 0 Å². The predicted molar refractivity (Wildman–Crippen MR) is 81.7 cm³/mol. The van der Waals surface area contributed by atoms with Crippen molar-refractivity contribution in [2.45, 2.75) is 19.0 Å². The van der Waals surface area contributed by atoms with Gasteiger partial charge in [-0.25, -0.2) is 0 Å². The molecule has 102 valence electrons. The molecule has 1 aromatic rings. The number of hydrogen-bond acceptors (Lipinski definition) is 3. The summed E-state index contributed by atoms with van der Waals surface area (Å²) in [7, 11) is 6.32. The molecule has 1 rings (SSSR count). The molecule has 0 aliphatic heterocycles. The lowest BCUT2D eigenvalue weighted by Gasteiger charge is -2.32. The molecule has 18 heavy (non-hydrogen) atoms. The summed E-state index contributed by atoms with van der Waals surface area (Å²) in [6.07, 6.45) is 0. The molecule has 3 nitrogen and oxygen atoms in total. The van der Waals surface area contributed by atoms with E-state index in [1.165, 1.54) is 5.56 Å². The molecule has 0 bridgehead atoms. The topological polar surface area (TPSA) is 32.5 Å². The van der Waals surface area contributed by atoms with Crippen molar-refractivity contribution in [1.29, 1.82) is 0 Å². The van der Waals surface area contributed by atoms with Crippen molar-refractivity contribution in [3.05, 3.63) is 34.3 Å². The molecule has 0 heterocycles. The van der Waals surface area contributed by atoms with Crippen molar-refractivity contribution in [2.24, 2.45) is 5.73 Å². The summed E-state index contributed by atoms with van der Waals surface area (Å²) in [5.41, 5.74) is 7.43. The summed E-state index contributed by atoms with van der Waals surface area (Å²) in [5, 5.41) is 0. The second-order valence-electron chi connectivity index (χ2n) is 5.11. The van der Waals surface area contributed by atoms with Crippen LogP contribution in [0.1, 0.15) is 18.5 Å². The summed E-state index contributed by atoms with van der Waals surface area (Å²) in [6.45, 7) is 4.10. The van der Waals surface area contributed by atoms with Crippen LogP contribution in [0.4, 0.5) is 0 Å². The highest BCUT2D eigenvalue weighted by Gasteiger charge is 2.22. The Hall–Kier alpha value is -0.420. The summed E-state index contributed by atoms with van der Waals surface area (Å²) in [5.74, 6) is 0. The Kier molecular flexibility index (Phi) is 6.29. The maximum Gasteiger partial charge on any atom is 0.0505 e. The van der Waals surface area contributed by atoms with E-state index >= 15 is 0 Å². The van der Waals surface area contributed by atoms with Crippen LogP contribution in [0.25, 0.3) is 0 Å². The first-order valence-electron chi connectivity index (χ1n) is 6.28. The van der Waals surface area contributed by atoms with Gasteiger partial charge in [0.1, 0.15) is 0 Å². The largest absolute Gasteiger partial charge is 0.326 e. The normalized spacial score (nSPS) is 15.1. The number of benzene rings is 1. The van der Waals surface area contributed by atoms with E-state index in [0.29, 0.717) is 0 Å². The smallest absolute Gasteiger partial charge is 0.0505 e. The lowest BCUT2D eigenvalue weighted by Crippen LogP contribution is -2.40. The van der Waals surface area contributed by atoms with Crippen molar-refractivity contribution in [3.63, 3.8) is 0 Å². The number of nitrogens with zero attached hydrogens (tertiary/aromatic N) is 2. The van der Waals surface area contributed by atoms with Gasteiger partial charge in [-0.2, -0.15) is 0 Å². The van der Waals surface area contributed by atoms with Crippen molar-refractivity contribution in [1.82, 2.24) is 9.80 Å². The quantitative estimate of drug-likeness (QED) is 0.875. The van der Waals surface area contributed by atoms with Gasteiger partial charge in [-0.1, -0.05) is 34.1 Å². The Labute approximate surface area is 119 Å². The summed E-state index contributed by atoms with van der Waals surface area (Å²) >= 11 is 3.62. The van der Waals surface area contributed by atoms with E-state index in [0.717, 1.165) is 17.6 Å². The van der Waals surface area contributed by atoms with Crippen LogP contribution in [0.3, 0.4) is 0 Å². The summed E-state index contributed by atoms with van der Waals surface area (Å²) in [6, 6.07) is 8.65. The standard InChI is InChI=1S/C14H24BrN3/c1-11(16)14(18(4)10-9-17(2)3)12-7-5-6-8-13(12)15/h5-8,11,14H,9-10,16H2,1-4H3. The van der Waals surface area contributed by atoms with Gasteiger partial charge < -0.3 is 10.6 Å². The molecule has 4 heteroatoms. The van der Waals surface area contributed by atoms with Crippen LogP contribution < -0.4 is 5.73 Å². The molecule has 0 spiro atoms. The van der Waals surface area contributed by atoms with E-state index in [4.69, 9.17) is 5.73 Å². The molecule has 2 N–H and O–H groups in total. The van der Waals surface area contributed by atoms with Gasteiger partial charge in [-0.15, -0.1) is 0 Å². The van der Waals surface area contributed by atoms with Gasteiger partial charge in [0.25, 0.3) is 0 Å². The average molecular weight is 314 g/mol. The third kappa shape index (κ3) is 4.35. The zero-order valence-electron chi connectivity index (χ0n) is 11.7. The first-order chi connectivity index (χ1) is 8.43. The number of likely N-dealkylation sites (N-methyl/N-ethyl adjacent to an activating group) is 2. The van der Waals surface area contributed by atoms with E-state index in [2.05, 4.69) is 72.0 Å². The third-order valence-electron chi connectivity index (χ3n) is 3.10. The van der Waals surface area contributed by atoms with Crippen LogP contribution in [0.2, 0.25) is 0 Å². The van der Waals surface area contributed by atoms with Crippen LogP contribution in [0.5, 0.6) is 0 Å². The molecule has 0 fully saturated rings. The minimum Gasteiger partial charge on any atom is -0.326 e. The molecule has 2 unspecified atom stereocenters. The van der Waals surface area contributed by atoms with Gasteiger partial charge in [-0.3, -0.25) is 4.90 Å². The first kappa shape index (κ1) is 15.6.